The number of aryl methyl sites for hydroxylation is 1. The van der Waals surface area contributed by atoms with Crippen LogP contribution >= 0.6 is 11.3 Å². The number of aromatic hydroxyl groups is 1. The molecule has 0 saturated carbocycles. The molecule has 3 aromatic rings. The van der Waals surface area contributed by atoms with Gasteiger partial charge in [-0.1, -0.05) is 43.3 Å². The number of phenols is 1. The number of nitrogens with zero attached hydrogens (tertiary/aromatic N) is 2. The lowest BCUT2D eigenvalue weighted by Gasteiger charge is -2.01. The smallest absolute Gasteiger partial charge is 0.268 e. The molecule has 5 nitrogen and oxygen atoms in total. The highest BCUT2D eigenvalue weighted by atomic mass is 32.1. The van der Waals surface area contributed by atoms with Crippen molar-refractivity contribution < 1.29 is 9.90 Å². The Hall–Kier alpha value is -3.43. The first-order chi connectivity index (χ1) is 13.1. The second-order valence-electron chi connectivity index (χ2n) is 5.80. The molecule has 0 bridgehead atoms. The standard InChI is InChI=1S/C21H17N3O2S/c1-2-14-3-7-16(8-4-14)19-13-27-21(23-19)24-20(26)17(12-22)11-15-5-9-18(25)10-6-15/h3-11,13,25H,2H2,1H3,(H,23,24,26). The maximum absolute atomic E-state index is 12.4. The Morgan fingerprint density at radius 2 is 1.93 bits per heavy atom. The Morgan fingerprint density at radius 1 is 1.22 bits per heavy atom. The van der Waals surface area contributed by atoms with Crippen LogP contribution in [0.25, 0.3) is 17.3 Å². The molecule has 134 valence electrons. The number of amides is 1. The van der Waals surface area contributed by atoms with Gasteiger partial charge in [-0.15, -0.1) is 11.3 Å². The van der Waals surface area contributed by atoms with E-state index < -0.39 is 5.91 Å². The molecule has 3 rings (SSSR count). The molecular weight excluding hydrogens is 358 g/mol. The largest absolute Gasteiger partial charge is 0.508 e. The SMILES string of the molecule is CCc1ccc(-c2csc(NC(=O)C(C#N)=Cc3ccc(O)cc3)n2)cc1. The fraction of sp³-hybridized carbons (Fsp3) is 0.0952. The number of benzene rings is 2. The van der Waals surface area contributed by atoms with Crippen molar-refractivity contribution in [3.63, 3.8) is 0 Å². The van der Waals surface area contributed by atoms with Gasteiger partial charge in [-0.05, 0) is 35.8 Å². The molecular formula is C21H17N3O2S. The third-order valence-corrected chi connectivity index (χ3v) is 4.71. The fourth-order valence-electron chi connectivity index (χ4n) is 2.43. The van der Waals surface area contributed by atoms with E-state index in [-0.39, 0.29) is 11.3 Å². The van der Waals surface area contributed by atoms with Crippen molar-refractivity contribution in [1.29, 1.82) is 5.26 Å². The topological polar surface area (TPSA) is 86.0 Å². The number of carbonyl (C=O) groups is 1. The first-order valence-corrected chi connectivity index (χ1v) is 9.24. The lowest BCUT2D eigenvalue weighted by atomic mass is 10.1. The molecule has 0 radical (unpaired) electrons. The number of anilines is 1. The number of hydrogen-bond donors (Lipinski definition) is 2. The van der Waals surface area contributed by atoms with Crippen molar-refractivity contribution in [3.8, 4) is 23.1 Å². The Bertz CT molecular complexity index is 1010. The Kier molecular flexibility index (Phi) is 5.64. The van der Waals surface area contributed by atoms with E-state index in [4.69, 9.17) is 0 Å². The van der Waals surface area contributed by atoms with Crippen LogP contribution in [0.15, 0.2) is 59.5 Å². The van der Waals surface area contributed by atoms with E-state index in [0.29, 0.717) is 10.7 Å². The van der Waals surface area contributed by atoms with E-state index in [2.05, 4.69) is 29.4 Å². The minimum absolute atomic E-state index is 0.0373. The fourth-order valence-corrected chi connectivity index (χ4v) is 3.14. The lowest BCUT2D eigenvalue weighted by Crippen LogP contribution is -2.13. The monoisotopic (exact) mass is 375 g/mol. The Morgan fingerprint density at radius 3 is 2.56 bits per heavy atom. The molecule has 0 saturated heterocycles. The van der Waals surface area contributed by atoms with Gasteiger partial charge < -0.3 is 5.11 Å². The first-order valence-electron chi connectivity index (χ1n) is 8.36. The summed E-state index contributed by atoms with van der Waals surface area (Å²) in [5.41, 5.74) is 3.61. The summed E-state index contributed by atoms with van der Waals surface area (Å²) >= 11 is 1.31. The van der Waals surface area contributed by atoms with E-state index in [0.717, 1.165) is 17.7 Å². The number of thiazole rings is 1. The van der Waals surface area contributed by atoms with Gasteiger partial charge in [-0.2, -0.15) is 5.26 Å². The zero-order valence-corrected chi connectivity index (χ0v) is 15.5. The minimum atomic E-state index is -0.521. The highest BCUT2D eigenvalue weighted by Gasteiger charge is 2.12. The number of carbonyl (C=O) groups excluding carboxylic acids is 1. The van der Waals surface area contributed by atoms with E-state index >= 15 is 0 Å². The van der Waals surface area contributed by atoms with Crippen LogP contribution in [0.1, 0.15) is 18.1 Å². The Balaban J connectivity index is 1.74. The molecule has 0 unspecified atom stereocenters. The quantitative estimate of drug-likeness (QED) is 0.503. The molecule has 2 N–H and O–H groups in total. The number of nitriles is 1. The second-order valence-corrected chi connectivity index (χ2v) is 6.66. The summed E-state index contributed by atoms with van der Waals surface area (Å²) in [5.74, 6) is -0.398. The number of rotatable bonds is 5. The zero-order chi connectivity index (χ0) is 19.2. The minimum Gasteiger partial charge on any atom is -0.508 e. The van der Waals surface area contributed by atoms with Crippen LogP contribution < -0.4 is 5.32 Å². The van der Waals surface area contributed by atoms with Crippen molar-refractivity contribution in [2.24, 2.45) is 0 Å². The van der Waals surface area contributed by atoms with E-state index in [1.54, 1.807) is 12.1 Å². The van der Waals surface area contributed by atoms with E-state index in [1.165, 1.54) is 35.1 Å². The summed E-state index contributed by atoms with van der Waals surface area (Å²) in [6.45, 7) is 2.10. The van der Waals surface area contributed by atoms with Crippen molar-refractivity contribution >= 4 is 28.5 Å². The predicted octanol–water partition coefficient (Wildman–Crippen LogP) is 4.62. The molecule has 1 heterocycles. The van der Waals surface area contributed by atoms with E-state index in [9.17, 15) is 15.2 Å². The summed E-state index contributed by atoms with van der Waals surface area (Å²) in [6, 6.07) is 16.3. The number of aromatic nitrogens is 1. The van der Waals surface area contributed by atoms with Crippen LogP contribution in [0.3, 0.4) is 0 Å². The summed E-state index contributed by atoms with van der Waals surface area (Å²) < 4.78 is 0. The maximum atomic E-state index is 12.4. The van der Waals surface area contributed by atoms with Crippen LogP contribution in [0, 0.1) is 11.3 Å². The highest BCUT2D eigenvalue weighted by molar-refractivity contribution is 7.14. The van der Waals surface area contributed by atoms with Gasteiger partial charge in [0, 0.05) is 10.9 Å². The average molecular weight is 375 g/mol. The van der Waals surface area contributed by atoms with Gasteiger partial charge in [0.05, 0.1) is 5.69 Å². The molecule has 0 aliphatic carbocycles. The molecule has 0 atom stereocenters. The third-order valence-electron chi connectivity index (χ3n) is 3.95. The van der Waals surface area contributed by atoms with Gasteiger partial charge in [0.15, 0.2) is 5.13 Å². The molecule has 2 aromatic carbocycles. The number of hydrogen-bond acceptors (Lipinski definition) is 5. The van der Waals surface area contributed by atoms with Gasteiger partial charge in [-0.25, -0.2) is 4.98 Å². The molecule has 0 fully saturated rings. The molecule has 27 heavy (non-hydrogen) atoms. The second kappa shape index (κ2) is 8.30. The Labute approximate surface area is 161 Å². The molecule has 1 aromatic heterocycles. The van der Waals surface area contributed by atoms with Gasteiger partial charge in [-0.3, -0.25) is 10.1 Å². The highest BCUT2D eigenvalue weighted by Crippen LogP contribution is 2.25. The van der Waals surface area contributed by atoms with Crippen LogP contribution in [-0.4, -0.2) is 16.0 Å². The number of phenolic OH excluding ortho intramolecular Hbond substituents is 1. The predicted molar refractivity (Wildman–Crippen MR) is 107 cm³/mol. The van der Waals surface area contributed by atoms with Crippen LogP contribution in [0.4, 0.5) is 5.13 Å². The molecule has 0 spiro atoms. The molecule has 1 amide bonds. The van der Waals surface area contributed by atoms with Gasteiger partial charge >= 0.3 is 0 Å². The summed E-state index contributed by atoms with van der Waals surface area (Å²) in [5, 5.41) is 23.5. The van der Waals surface area contributed by atoms with Crippen LogP contribution in [0.2, 0.25) is 0 Å². The normalized spacial score (nSPS) is 11.0. The first kappa shape index (κ1) is 18.4. The maximum Gasteiger partial charge on any atom is 0.268 e. The van der Waals surface area contributed by atoms with Crippen LogP contribution in [0.5, 0.6) is 5.75 Å². The third kappa shape index (κ3) is 4.60. The van der Waals surface area contributed by atoms with Crippen LogP contribution in [-0.2, 0) is 11.2 Å². The van der Waals surface area contributed by atoms with E-state index in [1.807, 2.05) is 23.6 Å². The summed E-state index contributed by atoms with van der Waals surface area (Å²) in [7, 11) is 0. The van der Waals surface area contributed by atoms with Crippen molar-refractivity contribution in [1.82, 2.24) is 4.98 Å². The number of nitrogens with one attached hydrogen (secondary N) is 1. The average Bonchev–Trinajstić information content (AvgIpc) is 3.16. The molecule has 0 aliphatic heterocycles. The van der Waals surface area contributed by atoms with Gasteiger partial charge in [0.2, 0.25) is 0 Å². The van der Waals surface area contributed by atoms with Crippen molar-refractivity contribution in [2.45, 2.75) is 13.3 Å². The molecule has 6 heteroatoms. The van der Waals surface area contributed by atoms with Gasteiger partial charge in [0.25, 0.3) is 5.91 Å². The summed E-state index contributed by atoms with van der Waals surface area (Å²) in [4.78, 5) is 16.8. The lowest BCUT2D eigenvalue weighted by molar-refractivity contribution is -0.112. The molecule has 0 aliphatic rings. The van der Waals surface area contributed by atoms with Crippen molar-refractivity contribution in [2.75, 3.05) is 5.32 Å². The zero-order valence-electron chi connectivity index (χ0n) is 14.6. The van der Waals surface area contributed by atoms with Gasteiger partial charge in [0.1, 0.15) is 17.4 Å². The summed E-state index contributed by atoms with van der Waals surface area (Å²) in [6.07, 6.45) is 2.44. The van der Waals surface area contributed by atoms with Crippen molar-refractivity contribution in [3.05, 3.63) is 70.6 Å².